The highest BCUT2D eigenvalue weighted by Gasteiger charge is 2.25. The van der Waals surface area contributed by atoms with Crippen molar-refractivity contribution in [3.05, 3.63) is 297 Å². The summed E-state index contributed by atoms with van der Waals surface area (Å²) < 4.78 is 3.92. The first kappa shape index (κ1) is 126. The number of carbonyl (C=O) groups excluding carboxylic acids is 13. The maximum Gasteiger partial charge on any atom is 0.310 e. The number of ketones is 7. The number of hydrogen-bond acceptors (Lipinski definition) is 33. The molecule has 0 fully saturated rings. The van der Waals surface area contributed by atoms with Crippen molar-refractivity contribution in [2.75, 3.05) is 38.1 Å². The minimum atomic E-state index is -0.562. The van der Waals surface area contributed by atoms with E-state index in [0.29, 0.717) is 118 Å². The lowest BCUT2D eigenvalue weighted by atomic mass is 10.0. The highest BCUT2D eigenvalue weighted by Crippen LogP contribution is 2.38. The molecule has 0 spiro atoms. The van der Waals surface area contributed by atoms with Crippen molar-refractivity contribution in [3.63, 3.8) is 0 Å². The molecule has 34 nitrogen and oxygen atoms in total. The number of thiocarbonyl (C=S) groups is 3. The third-order valence-corrected chi connectivity index (χ3v) is 21.3. The maximum absolute atomic E-state index is 13.3. The summed E-state index contributed by atoms with van der Waals surface area (Å²) in [5.74, 6) is 8.68. The smallest absolute Gasteiger partial charge is 0.310 e. The monoisotopic (exact) mass is 2090 g/mol. The number of halogens is 3. The number of rotatable bonds is 24. The Labute approximate surface area is 860 Å². The van der Waals surface area contributed by atoms with Crippen LogP contribution in [0.25, 0.3) is 0 Å². The molecule has 6 aromatic carbocycles. The summed E-state index contributed by atoms with van der Waals surface area (Å²) in [7, 11) is 0. The zero-order valence-electron chi connectivity index (χ0n) is 78.3. The average molecular weight is 2090 g/mol. The summed E-state index contributed by atoms with van der Waals surface area (Å²) in [4.78, 5) is 170. The summed E-state index contributed by atoms with van der Waals surface area (Å²) in [6, 6.07) is 51.4. The number of isothiocyanates is 1. The Bertz CT molecular complexity index is 6310. The lowest BCUT2D eigenvalue weighted by Gasteiger charge is -2.20. The Morgan fingerprint density at radius 1 is 0.496 bits per heavy atom. The number of benzene rings is 6. The number of carbonyl (C=O) groups is 13. The molecule has 740 valence electrons. The van der Waals surface area contributed by atoms with Crippen LogP contribution in [0.15, 0.2) is 200 Å². The van der Waals surface area contributed by atoms with Crippen molar-refractivity contribution in [1.29, 1.82) is 15.8 Å². The third kappa shape index (κ3) is 48.4. The zero-order valence-corrected chi connectivity index (χ0v) is 85.5. The van der Waals surface area contributed by atoms with E-state index in [9.17, 15) is 72.4 Å². The molecule has 43 heteroatoms. The van der Waals surface area contributed by atoms with Crippen LogP contribution in [-0.4, -0.2) is 110 Å². The van der Waals surface area contributed by atoms with Gasteiger partial charge in [-0.25, -0.2) is 5.84 Å². The third-order valence-electron chi connectivity index (χ3n) is 17.6. The van der Waals surface area contributed by atoms with Crippen LogP contribution in [0.1, 0.15) is 210 Å². The van der Waals surface area contributed by atoms with Gasteiger partial charge in [-0.15, -0.1) is 46.4 Å². The number of aryl methyl sites for hydroxylation is 3. The normalized spacial score (nSPS) is 9.38. The standard InChI is InChI=1S/C22H23N5O2S2.C16H14N2O2S2.C15H16N2O2S.C11H10N2O2.C9H6N2O3.C9H8N2O.C6H9N3.C4H6O3.C4H8O.CCl2S.CH4.ClH/c1-13-14(2)31-21(26-22(30)27(23)12-16-5-4-10-24-11-16)19(13)20(29)17-6-8-18(9-7-17)25-15(3)28;1-9-10(2)22-16(17-8-21)14(9)15(20)12-4-6-13(7-5-12)18-11(3)19;1-8-9(2)20-15(16)13(8)14(19)11-4-6-12(7-5-11)17-10(3)18;1-8(14)13-10-4-2-9(3-5-10)11(15)6-7-12;10-6-5-9(12)7-1-3-8(4-2-7)11(13)14;10-6-5-9(12)7-1-3-8(11)4-2-7;7-9-5-6-2-1-3-8-4-6;1-3(5)7-4(2)6;1-3-4(2)5;2-1(3)4;;/h4-11H,12,23H2,1-3H3,(H,25,28)(H,26,30);4-7H,1-3H3,(H,18,19);4-7H,16H2,1-3H3,(H,17,18);2-5H,6H2,1H3,(H,13,14);1-4H,5H2;1-4H,5,11H2;1-4,9H,5,7H2;1-2H3;3H2,1-2H3;;1H4;1H. The molecule has 0 radical (unpaired) electrons. The topological polar surface area (TPSA) is 563 Å². The number of hydrogen-bond donors (Lipinski definition) is 10. The van der Waals surface area contributed by atoms with Gasteiger partial charge in [0.25, 0.3) is 5.69 Å². The summed E-state index contributed by atoms with van der Waals surface area (Å²) in [6.07, 6.45) is 7.18. The second-order valence-electron chi connectivity index (χ2n) is 28.4. The van der Waals surface area contributed by atoms with Crippen molar-refractivity contribution in [1.82, 2.24) is 20.4 Å². The molecule has 5 aromatic heterocycles. The molecule has 0 aliphatic heterocycles. The molecule has 0 aliphatic rings. The van der Waals surface area contributed by atoms with Gasteiger partial charge in [-0.1, -0.05) is 61.9 Å². The quantitative estimate of drug-likeness (QED) is 0.00257. The van der Waals surface area contributed by atoms with E-state index in [-0.39, 0.29) is 113 Å². The predicted molar refractivity (Wildman–Crippen MR) is 569 cm³/mol. The Hall–Kier alpha value is -14.8. The number of nitro groups is 1. The van der Waals surface area contributed by atoms with Crippen LogP contribution in [0.3, 0.4) is 0 Å². The van der Waals surface area contributed by atoms with Crippen LogP contribution in [0, 0.1) is 85.7 Å². The Morgan fingerprint density at radius 2 is 0.816 bits per heavy atom. The molecule has 14 N–H and O–H groups in total. The number of nitro benzene ring substituents is 1. The number of esters is 2. The van der Waals surface area contributed by atoms with Crippen molar-refractivity contribution in [2.45, 2.75) is 143 Å². The van der Waals surface area contributed by atoms with Crippen molar-refractivity contribution >= 4 is 246 Å². The highest BCUT2D eigenvalue weighted by atomic mass is 35.5. The van der Waals surface area contributed by atoms with Crippen molar-refractivity contribution < 1.29 is 72.0 Å². The van der Waals surface area contributed by atoms with Crippen LogP contribution in [0.4, 0.5) is 49.1 Å². The number of nitrogen functional groups attached to an aromatic ring is 2. The fourth-order valence-corrected chi connectivity index (χ4v) is 14.1. The van der Waals surface area contributed by atoms with Crippen LogP contribution in [0.2, 0.25) is 0 Å². The summed E-state index contributed by atoms with van der Waals surface area (Å²) in [5, 5.41) is 54.7. The van der Waals surface area contributed by atoms with E-state index >= 15 is 0 Å². The van der Waals surface area contributed by atoms with Crippen molar-refractivity contribution in [3.8, 4) is 18.2 Å². The zero-order chi connectivity index (χ0) is 105. The largest absolute Gasteiger partial charge is 0.399 e. The number of hydrazine groups is 2. The first-order valence-electron chi connectivity index (χ1n) is 40.8. The summed E-state index contributed by atoms with van der Waals surface area (Å²) >= 11 is 28.0. The number of thiophene rings is 3. The molecular weight excluding hydrogens is 1980 g/mol. The molecule has 11 rings (SSSR count). The first-order chi connectivity index (χ1) is 65.7. The molecule has 141 heavy (non-hydrogen) atoms. The lowest BCUT2D eigenvalue weighted by molar-refractivity contribution is -0.384. The van der Waals surface area contributed by atoms with Crippen LogP contribution in [-0.2, 0) is 51.4 Å². The van der Waals surface area contributed by atoms with Gasteiger partial charge in [-0.3, -0.25) is 93.9 Å². The van der Waals surface area contributed by atoms with Gasteiger partial charge in [0.05, 0.1) is 75.8 Å². The molecule has 0 saturated carbocycles. The van der Waals surface area contributed by atoms with Gasteiger partial charge in [-0.2, -0.15) is 20.8 Å². The molecule has 0 atom stereocenters. The molecule has 4 amide bonds. The van der Waals surface area contributed by atoms with E-state index in [2.05, 4.69) is 81.3 Å². The first-order valence-corrected chi connectivity index (χ1v) is 45.3. The Balaban J connectivity index is 0.00000161. The minimum absolute atomic E-state index is 0. The molecule has 11 aromatic rings. The highest BCUT2D eigenvalue weighted by molar-refractivity contribution is 7.86. The van der Waals surface area contributed by atoms with Crippen LogP contribution in [0.5, 0.6) is 0 Å². The molecule has 0 unspecified atom stereocenters. The number of anilines is 7. The number of nitrogens with zero attached hydrogens (tertiary/aromatic N) is 8. The number of aromatic nitrogens is 2. The van der Waals surface area contributed by atoms with E-state index in [1.807, 2.05) is 72.7 Å². The fourth-order valence-electron chi connectivity index (χ4n) is 10.7. The summed E-state index contributed by atoms with van der Waals surface area (Å²) in [6.45, 7) is 24.1. The van der Waals surface area contributed by atoms with Crippen LogP contribution < -0.4 is 55.2 Å². The number of nitrogens with two attached hydrogens (primary N) is 4. The van der Waals surface area contributed by atoms with Gasteiger partial charge in [0, 0.05) is 168 Å². The average Bonchev–Trinajstić information content (AvgIpc) is 1.66. The number of non-ortho nitro benzene ring substituents is 1. The number of Topliss-reactive ketones (excluding diaryl/α,β-unsaturated/α-hetero) is 4. The lowest BCUT2D eigenvalue weighted by Crippen LogP contribution is -2.39. The van der Waals surface area contributed by atoms with E-state index in [1.54, 1.807) is 171 Å². The number of aliphatic imine (C=N–C) groups is 1. The summed E-state index contributed by atoms with van der Waals surface area (Å²) in [5.41, 5.74) is 26.4. The van der Waals surface area contributed by atoms with E-state index < -0.39 is 16.9 Å². The number of nitriles is 3. The van der Waals surface area contributed by atoms with Crippen molar-refractivity contribution in [2.24, 2.45) is 16.7 Å². The number of pyridine rings is 2. The number of amides is 4. The SMILES string of the molecule is C.CC(=O)Nc1ccc(C(=O)CC#N)cc1.CC(=O)Nc1ccc(C(=O)c2c(N)sc(C)c2C)cc1.CC(=O)Nc1ccc(C(=O)c2c(N=C=S)sc(C)c2C)cc1.CC(=O)Nc1ccc(C(=O)c2c(NC(=S)N(N)Cc3cccnc3)sc(C)c2C)cc1.CC(=O)OC(C)=O.CCC(C)=O.Cl.N#CCC(=O)c1ccc(N)cc1.N#CCC(=O)c1ccc([N+](=O)[O-])cc1.NNCc1cccnc1.S=C(Cl)Cl. The second-order valence-corrected chi connectivity index (χ2v) is 34.5. The van der Waals surface area contributed by atoms with Gasteiger partial charge in [0.15, 0.2) is 43.6 Å². The van der Waals surface area contributed by atoms with E-state index in [1.165, 1.54) is 105 Å². The van der Waals surface area contributed by atoms with Gasteiger partial charge in [-0.05, 0) is 246 Å². The molecule has 0 bridgehead atoms. The predicted octanol–water partition coefficient (Wildman–Crippen LogP) is 20.2. The molecule has 5 heterocycles. The second kappa shape index (κ2) is 67.5. The van der Waals surface area contributed by atoms with Crippen LogP contribution >= 0.6 is 106 Å². The number of ether oxygens (including phenoxy) is 1. The maximum atomic E-state index is 13.3. The van der Waals surface area contributed by atoms with Gasteiger partial charge in [0.2, 0.25) is 23.6 Å². The van der Waals surface area contributed by atoms with E-state index in [4.69, 9.17) is 74.4 Å². The fraction of sp³-hybridized carbons (Fsp3) is 0.214. The Kier molecular flexibility index (Phi) is 60.4. The molecule has 0 saturated heterocycles. The number of nitrogens with one attached hydrogen (secondary N) is 6. The minimum Gasteiger partial charge on any atom is -0.399 e. The molecular formula is C98H105Cl3N18O16S6. The molecule has 0 aliphatic carbocycles. The van der Waals surface area contributed by atoms with E-state index in [0.717, 1.165) is 42.4 Å². The van der Waals surface area contributed by atoms with Gasteiger partial charge in [0.1, 0.15) is 15.8 Å². The Morgan fingerprint density at radius 3 is 1.12 bits per heavy atom. The van der Waals surface area contributed by atoms with Gasteiger partial charge < -0.3 is 47.6 Å². The van der Waals surface area contributed by atoms with Gasteiger partial charge >= 0.3 is 11.9 Å².